The summed E-state index contributed by atoms with van der Waals surface area (Å²) in [7, 11) is 0. The van der Waals surface area contributed by atoms with Gasteiger partial charge in [-0.3, -0.25) is 14.5 Å². The van der Waals surface area contributed by atoms with Crippen LogP contribution in [0.4, 0.5) is 5.13 Å². The number of ether oxygens (including phenoxy) is 1. The van der Waals surface area contributed by atoms with Gasteiger partial charge in [-0.15, -0.1) is 11.3 Å². The summed E-state index contributed by atoms with van der Waals surface area (Å²) < 4.78 is 11.7. The first-order chi connectivity index (χ1) is 15.5. The molecule has 0 fully saturated rings. The van der Waals surface area contributed by atoms with Crippen LogP contribution in [0.15, 0.2) is 70.4 Å². The Hall–Kier alpha value is -3.71. The van der Waals surface area contributed by atoms with Gasteiger partial charge in [0.05, 0.1) is 22.7 Å². The molecular formula is C25H20N2O4S. The molecule has 1 aliphatic heterocycles. The number of rotatable bonds is 5. The molecule has 0 saturated heterocycles. The molecule has 2 aromatic carbocycles. The third kappa shape index (κ3) is 3.13. The number of fused-ring (bicyclic) bond motifs is 2. The Morgan fingerprint density at radius 2 is 2.00 bits per heavy atom. The van der Waals surface area contributed by atoms with Gasteiger partial charge in [0.25, 0.3) is 5.91 Å². The van der Waals surface area contributed by atoms with Gasteiger partial charge in [0.2, 0.25) is 5.76 Å². The average molecular weight is 445 g/mol. The van der Waals surface area contributed by atoms with Crippen molar-refractivity contribution in [2.24, 2.45) is 0 Å². The molecule has 160 valence electrons. The smallest absolute Gasteiger partial charge is 0.297 e. The zero-order valence-corrected chi connectivity index (χ0v) is 18.4. The molecule has 0 N–H and O–H groups in total. The minimum Gasteiger partial charge on any atom is -0.490 e. The van der Waals surface area contributed by atoms with E-state index in [0.29, 0.717) is 34.0 Å². The monoisotopic (exact) mass is 444 g/mol. The molecule has 3 heterocycles. The second-order valence-corrected chi connectivity index (χ2v) is 8.74. The Labute approximate surface area is 188 Å². The fourth-order valence-electron chi connectivity index (χ4n) is 3.92. The quantitative estimate of drug-likeness (QED) is 0.397. The minimum absolute atomic E-state index is 0.0571. The number of aryl methyl sites for hydroxylation is 2. The second-order valence-electron chi connectivity index (χ2n) is 7.56. The van der Waals surface area contributed by atoms with E-state index in [1.165, 1.54) is 11.3 Å². The van der Waals surface area contributed by atoms with Gasteiger partial charge >= 0.3 is 0 Å². The maximum Gasteiger partial charge on any atom is 0.297 e. The maximum absolute atomic E-state index is 13.6. The summed E-state index contributed by atoms with van der Waals surface area (Å²) in [5.41, 5.74) is 2.08. The zero-order chi connectivity index (χ0) is 22.4. The normalized spacial score (nSPS) is 15.2. The minimum atomic E-state index is -0.671. The van der Waals surface area contributed by atoms with Crippen LogP contribution in [0, 0.1) is 13.8 Å². The van der Waals surface area contributed by atoms with Crippen LogP contribution in [0.2, 0.25) is 0 Å². The molecule has 0 saturated carbocycles. The molecule has 7 heteroatoms. The van der Waals surface area contributed by atoms with E-state index in [0.717, 1.165) is 16.1 Å². The van der Waals surface area contributed by atoms with Crippen LogP contribution >= 0.6 is 11.3 Å². The van der Waals surface area contributed by atoms with Crippen molar-refractivity contribution in [1.82, 2.24) is 4.98 Å². The molecule has 0 radical (unpaired) electrons. The highest BCUT2D eigenvalue weighted by Crippen LogP contribution is 2.43. The van der Waals surface area contributed by atoms with Crippen molar-refractivity contribution < 1.29 is 13.9 Å². The van der Waals surface area contributed by atoms with E-state index in [1.54, 1.807) is 35.2 Å². The Bertz CT molecular complexity index is 1420. The first-order valence-corrected chi connectivity index (χ1v) is 11.0. The van der Waals surface area contributed by atoms with Crippen molar-refractivity contribution in [1.29, 1.82) is 0 Å². The number of hydrogen-bond donors (Lipinski definition) is 0. The molecule has 6 nitrogen and oxygen atoms in total. The van der Waals surface area contributed by atoms with E-state index in [1.807, 2.05) is 38.1 Å². The third-order valence-electron chi connectivity index (χ3n) is 5.54. The molecule has 2 aromatic heterocycles. The number of thiazole rings is 1. The van der Waals surface area contributed by atoms with Crippen LogP contribution in [0.25, 0.3) is 11.0 Å². The average Bonchev–Trinajstić information content (AvgIpc) is 3.28. The van der Waals surface area contributed by atoms with Gasteiger partial charge in [-0.25, -0.2) is 4.98 Å². The van der Waals surface area contributed by atoms with Crippen molar-refractivity contribution in [3.8, 4) is 5.75 Å². The lowest BCUT2D eigenvalue weighted by Gasteiger charge is -2.23. The standard InChI is InChI=1S/C25H20N2O4S/c1-4-12-30-17-9-7-8-16(13-17)21-20-22(28)18-10-5-6-11-19(18)31-23(20)24(29)27(21)25-26-14(2)15(3)32-25/h4-11,13,21H,1,12H2,2-3H3. The van der Waals surface area contributed by atoms with Crippen LogP contribution in [-0.4, -0.2) is 17.5 Å². The van der Waals surface area contributed by atoms with Crippen molar-refractivity contribution in [2.75, 3.05) is 11.5 Å². The molecule has 0 aliphatic carbocycles. The van der Waals surface area contributed by atoms with Gasteiger partial charge in [0.15, 0.2) is 10.6 Å². The number of anilines is 1. The van der Waals surface area contributed by atoms with E-state index < -0.39 is 6.04 Å². The van der Waals surface area contributed by atoms with E-state index >= 15 is 0 Å². The predicted molar refractivity (Wildman–Crippen MR) is 125 cm³/mol. The molecule has 4 aromatic rings. The molecule has 1 aliphatic rings. The second kappa shape index (κ2) is 7.76. The lowest BCUT2D eigenvalue weighted by atomic mass is 9.98. The number of nitrogens with zero attached hydrogens (tertiary/aromatic N) is 2. The van der Waals surface area contributed by atoms with Gasteiger partial charge < -0.3 is 9.15 Å². The zero-order valence-electron chi connectivity index (χ0n) is 17.6. The van der Waals surface area contributed by atoms with Crippen LogP contribution in [0.5, 0.6) is 5.75 Å². The summed E-state index contributed by atoms with van der Waals surface area (Å²) in [6.45, 7) is 7.89. The largest absolute Gasteiger partial charge is 0.490 e. The molecule has 0 spiro atoms. The number of amides is 1. The van der Waals surface area contributed by atoms with Crippen molar-refractivity contribution in [3.63, 3.8) is 0 Å². The van der Waals surface area contributed by atoms with Crippen molar-refractivity contribution >= 4 is 33.3 Å². The highest BCUT2D eigenvalue weighted by Gasteiger charge is 2.45. The van der Waals surface area contributed by atoms with Gasteiger partial charge in [-0.05, 0) is 43.7 Å². The first-order valence-electron chi connectivity index (χ1n) is 10.2. The number of carbonyl (C=O) groups is 1. The Kier molecular flexibility index (Phi) is 4.90. The van der Waals surface area contributed by atoms with Gasteiger partial charge in [-0.2, -0.15) is 0 Å². The molecule has 5 rings (SSSR count). The molecule has 0 bridgehead atoms. The summed E-state index contributed by atoms with van der Waals surface area (Å²) in [5, 5.41) is 0.971. The SMILES string of the molecule is C=CCOc1cccc(C2c3c(oc4ccccc4c3=O)C(=O)N2c2nc(C)c(C)s2)c1. The van der Waals surface area contributed by atoms with Crippen molar-refractivity contribution in [2.45, 2.75) is 19.9 Å². The maximum atomic E-state index is 13.6. The summed E-state index contributed by atoms with van der Waals surface area (Å²) in [4.78, 5) is 34.3. The molecule has 1 amide bonds. The van der Waals surface area contributed by atoms with Crippen LogP contribution < -0.4 is 15.1 Å². The molecule has 1 unspecified atom stereocenters. The van der Waals surface area contributed by atoms with Crippen LogP contribution in [0.3, 0.4) is 0 Å². The predicted octanol–water partition coefficient (Wildman–Crippen LogP) is 5.18. The summed E-state index contributed by atoms with van der Waals surface area (Å²) in [6.07, 6.45) is 1.66. The van der Waals surface area contributed by atoms with E-state index in [9.17, 15) is 9.59 Å². The van der Waals surface area contributed by atoms with Crippen LogP contribution in [-0.2, 0) is 0 Å². The highest BCUT2D eigenvalue weighted by molar-refractivity contribution is 7.15. The Balaban J connectivity index is 1.76. The van der Waals surface area contributed by atoms with E-state index in [-0.39, 0.29) is 17.1 Å². The molecule has 32 heavy (non-hydrogen) atoms. The summed E-state index contributed by atoms with van der Waals surface area (Å²) >= 11 is 1.42. The Morgan fingerprint density at radius 3 is 2.75 bits per heavy atom. The number of benzene rings is 2. The Morgan fingerprint density at radius 1 is 1.19 bits per heavy atom. The van der Waals surface area contributed by atoms with Gasteiger partial charge in [0, 0.05) is 4.88 Å². The van der Waals surface area contributed by atoms with E-state index in [2.05, 4.69) is 11.6 Å². The van der Waals surface area contributed by atoms with Gasteiger partial charge in [0.1, 0.15) is 17.9 Å². The lowest BCUT2D eigenvalue weighted by molar-refractivity contribution is 0.0971. The number of carbonyl (C=O) groups excluding carboxylic acids is 1. The third-order valence-corrected chi connectivity index (χ3v) is 6.61. The molecular weight excluding hydrogens is 424 g/mol. The lowest BCUT2D eigenvalue weighted by Crippen LogP contribution is -2.29. The number of aromatic nitrogens is 1. The van der Waals surface area contributed by atoms with Crippen molar-refractivity contribution in [3.05, 3.63) is 98.9 Å². The fourth-order valence-corrected chi connectivity index (χ4v) is 4.86. The fraction of sp³-hybridized carbons (Fsp3) is 0.160. The van der Waals surface area contributed by atoms with Gasteiger partial charge in [-0.1, -0.05) is 36.9 Å². The molecule has 1 atom stereocenters. The topological polar surface area (TPSA) is 72.6 Å². The summed E-state index contributed by atoms with van der Waals surface area (Å²) in [6, 6.07) is 13.7. The van der Waals surface area contributed by atoms with Crippen LogP contribution in [0.1, 0.15) is 38.3 Å². The number of hydrogen-bond acceptors (Lipinski definition) is 6. The highest BCUT2D eigenvalue weighted by atomic mass is 32.1. The first kappa shape index (κ1) is 20.2. The van der Waals surface area contributed by atoms with E-state index in [4.69, 9.17) is 9.15 Å². The summed E-state index contributed by atoms with van der Waals surface area (Å²) in [5.74, 6) is 0.306. The number of para-hydroxylation sites is 1.